The number of rotatable bonds is 7. The molecule has 0 radical (unpaired) electrons. The number of hydrogen-bond acceptors (Lipinski definition) is 5. The molecule has 0 bridgehead atoms. The van der Waals surface area contributed by atoms with Crippen LogP contribution in [0.1, 0.15) is 23.7 Å². The molecule has 2 N–H and O–H groups in total. The third-order valence-electron chi connectivity index (χ3n) is 2.89. The zero-order chi connectivity index (χ0) is 16.0. The molecule has 0 aliphatic carbocycles. The van der Waals surface area contributed by atoms with E-state index in [1.54, 1.807) is 0 Å². The first-order chi connectivity index (χ1) is 9.81. The van der Waals surface area contributed by atoms with Gasteiger partial charge in [0.05, 0.1) is 17.7 Å². The van der Waals surface area contributed by atoms with E-state index in [0.717, 1.165) is 0 Å². The molecule has 21 heavy (non-hydrogen) atoms. The van der Waals surface area contributed by atoms with Gasteiger partial charge in [0, 0.05) is 13.2 Å². The number of hydrogen-bond donors (Lipinski definition) is 2. The highest BCUT2D eigenvalue weighted by molar-refractivity contribution is 7.89. The third kappa shape index (κ3) is 4.96. The van der Waals surface area contributed by atoms with E-state index in [4.69, 9.17) is 16.7 Å². The van der Waals surface area contributed by atoms with Crippen molar-refractivity contribution in [3.63, 3.8) is 0 Å². The number of benzene rings is 1. The van der Waals surface area contributed by atoms with Gasteiger partial charge in [0.2, 0.25) is 10.0 Å². The Hall–Kier alpha value is -1.15. The molecule has 0 aliphatic heterocycles. The van der Waals surface area contributed by atoms with Crippen LogP contribution >= 0.6 is 11.6 Å². The summed E-state index contributed by atoms with van der Waals surface area (Å²) in [5.74, 6) is -0.663. The number of aliphatic hydroxyl groups is 1. The normalized spacial score (nSPS) is 13.0. The number of ether oxygens (including phenoxy) is 1. The van der Waals surface area contributed by atoms with Gasteiger partial charge in [-0.2, -0.15) is 0 Å². The summed E-state index contributed by atoms with van der Waals surface area (Å²) in [6.07, 6.45) is 0.485. The van der Waals surface area contributed by atoms with Crippen LogP contribution in [0.4, 0.5) is 0 Å². The maximum Gasteiger partial charge on any atom is 0.337 e. The molecule has 1 atom stereocenters. The van der Waals surface area contributed by atoms with E-state index in [0.29, 0.717) is 6.42 Å². The number of carbonyl (C=O) groups excluding carboxylic acids is 1. The Morgan fingerprint density at radius 3 is 2.71 bits per heavy atom. The first-order valence-electron chi connectivity index (χ1n) is 6.30. The van der Waals surface area contributed by atoms with E-state index < -0.39 is 16.0 Å². The van der Waals surface area contributed by atoms with Crippen LogP contribution in [-0.4, -0.2) is 39.8 Å². The molecule has 1 unspecified atom stereocenters. The lowest BCUT2D eigenvalue weighted by atomic mass is 10.1. The second-order valence-corrected chi connectivity index (χ2v) is 6.75. The summed E-state index contributed by atoms with van der Waals surface area (Å²) in [5, 5.41) is 8.82. The number of halogens is 1. The molecule has 8 heteroatoms. The SMILES string of the molecule is COC(=O)c1ccc(Cl)c(S(=O)(=O)NCC(C)CCO)c1. The molecular weight excluding hydrogens is 318 g/mol. The largest absolute Gasteiger partial charge is 0.465 e. The molecule has 1 rings (SSSR count). The van der Waals surface area contributed by atoms with Crippen LogP contribution < -0.4 is 4.72 Å². The topological polar surface area (TPSA) is 92.7 Å². The first-order valence-corrected chi connectivity index (χ1v) is 8.16. The average Bonchev–Trinajstić information content (AvgIpc) is 2.45. The molecule has 6 nitrogen and oxygen atoms in total. The maximum absolute atomic E-state index is 12.2. The van der Waals surface area contributed by atoms with Crippen LogP contribution in [0, 0.1) is 5.92 Å². The Kier molecular flexibility index (Phi) is 6.60. The maximum atomic E-state index is 12.2. The van der Waals surface area contributed by atoms with E-state index in [9.17, 15) is 13.2 Å². The summed E-state index contributed by atoms with van der Waals surface area (Å²) in [7, 11) is -2.63. The zero-order valence-corrected chi connectivity index (χ0v) is 13.4. The van der Waals surface area contributed by atoms with Crippen LogP contribution in [0.5, 0.6) is 0 Å². The highest BCUT2D eigenvalue weighted by atomic mass is 35.5. The third-order valence-corrected chi connectivity index (χ3v) is 4.79. The lowest BCUT2D eigenvalue weighted by molar-refractivity contribution is 0.0600. The molecule has 0 spiro atoms. The van der Waals surface area contributed by atoms with Crippen molar-refractivity contribution in [3.05, 3.63) is 28.8 Å². The van der Waals surface area contributed by atoms with Crippen LogP contribution in [-0.2, 0) is 14.8 Å². The smallest absolute Gasteiger partial charge is 0.337 e. The quantitative estimate of drug-likeness (QED) is 0.735. The lowest BCUT2D eigenvalue weighted by Gasteiger charge is -2.13. The van der Waals surface area contributed by atoms with Gasteiger partial charge < -0.3 is 9.84 Å². The summed E-state index contributed by atoms with van der Waals surface area (Å²) in [6.45, 7) is 1.97. The zero-order valence-electron chi connectivity index (χ0n) is 11.8. The molecule has 118 valence electrons. The minimum Gasteiger partial charge on any atom is -0.465 e. The molecule has 0 aliphatic rings. The minimum absolute atomic E-state index is 0.0124. The standard InChI is InChI=1S/C13H18ClNO5S/c1-9(5-6-16)8-15-21(18,19)12-7-10(13(17)20-2)3-4-11(12)14/h3-4,7,9,15-16H,5-6,8H2,1-2H3. The monoisotopic (exact) mass is 335 g/mol. The average molecular weight is 336 g/mol. The van der Waals surface area contributed by atoms with Crippen molar-refractivity contribution in [2.45, 2.75) is 18.2 Å². The molecule has 0 heterocycles. The number of sulfonamides is 1. The summed E-state index contributed by atoms with van der Waals surface area (Å²) >= 11 is 5.89. The van der Waals surface area contributed by atoms with Crippen molar-refractivity contribution < 1.29 is 23.1 Å². The van der Waals surface area contributed by atoms with Gasteiger partial charge in [0.15, 0.2) is 0 Å². The first kappa shape index (κ1) is 17.9. The van der Waals surface area contributed by atoms with Gasteiger partial charge in [-0.05, 0) is 30.5 Å². The van der Waals surface area contributed by atoms with Gasteiger partial charge in [-0.1, -0.05) is 18.5 Å². The fourth-order valence-corrected chi connectivity index (χ4v) is 3.29. The van der Waals surface area contributed by atoms with E-state index >= 15 is 0 Å². The number of nitrogens with one attached hydrogen (secondary N) is 1. The molecule has 0 fully saturated rings. The number of carbonyl (C=O) groups is 1. The second kappa shape index (κ2) is 7.74. The molecule has 1 aromatic carbocycles. The Labute approximate surface area is 129 Å². The minimum atomic E-state index is -3.84. The predicted molar refractivity (Wildman–Crippen MR) is 78.8 cm³/mol. The number of esters is 1. The van der Waals surface area contributed by atoms with E-state index in [-0.39, 0.29) is 34.6 Å². The highest BCUT2D eigenvalue weighted by Gasteiger charge is 2.21. The Morgan fingerprint density at radius 1 is 1.48 bits per heavy atom. The Morgan fingerprint density at radius 2 is 2.14 bits per heavy atom. The van der Waals surface area contributed by atoms with Gasteiger partial charge in [-0.15, -0.1) is 0 Å². The summed E-state index contributed by atoms with van der Waals surface area (Å²) < 4.78 is 31.4. The van der Waals surface area contributed by atoms with Gasteiger partial charge in [-0.25, -0.2) is 17.9 Å². The van der Waals surface area contributed by atoms with Crippen LogP contribution in [0.25, 0.3) is 0 Å². The Bertz CT molecular complexity index is 603. The van der Waals surface area contributed by atoms with Gasteiger partial charge >= 0.3 is 5.97 Å². The molecule has 0 saturated carbocycles. The van der Waals surface area contributed by atoms with Crippen molar-refractivity contribution >= 4 is 27.6 Å². The number of methoxy groups -OCH3 is 1. The summed E-state index contributed by atoms with van der Waals surface area (Å²) in [4.78, 5) is 11.3. The lowest BCUT2D eigenvalue weighted by Crippen LogP contribution is -2.29. The van der Waals surface area contributed by atoms with Crippen LogP contribution in [0.15, 0.2) is 23.1 Å². The molecule has 0 aromatic heterocycles. The number of aliphatic hydroxyl groups excluding tert-OH is 1. The second-order valence-electron chi connectivity index (χ2n) is 4.61. The van der Waals surface area contributed by atoms with Gasteiger partial charge in [0.1, 0.15) is 4.90 Å². The predicted octanol–water partition coefficient (Wildman–Crippen LogP) is 1.42. The Balaban J connectivity index is 2.99. The molecular formula is C13H18ClNO5S. The van der Waals surface area contributed by atoms with E-state index in [1.165, 1.54) is 25.3 Å². The van der Waals surface area contributed by atoms with Crippen molar-refractivity contribution in [2.24, 2.45) is 5.92 Å². The molecule has 1 aromatic rings. The highest BCUT2D eigenvalue weighted by Crippen LogP contribution is 2.23. The molecule has 0 saturated heterocycles. The summed E-state index contributed by atoms with van der Waals surface area (Å²) in [6, 6.07) is 3.90. The van der Waals surface area contributed by atoms with Crippen molar-refractivity contribution in [3.8, 4) is 0 Å². The van der Waals surface area contributed by atoms with Crippen molar-refractivity contribution in [2.75, 3.05) is 20.3 Å². The molecule has 0 amide bonds. The van der Waals surface area contributed by atoms with Gasteiger partial charge in [0.25, 0.3) is 0 Å². The van der Waals surface area contributed by atoms with E-state index in [2.05, 4.69) is 9.46 Å². The van der Waals surface area contributed by atoms with Crippen molar-refractivity contribution in [1.82, 2.24) is 4.72 Å². The fourth-order valence-electron chi connectivity index (χ4n) is 1.61. The summed E-state index contributed by atoms with van der Waals surface area (Å²) in [5.41, 5.74) is 0.102. The van der Waals surface area contributed by atoms with Crippen LogP contribution in [0.3, 0.4) is 0 Å². The van der Waals surface area contributed by atoms with E-state index in [1.807, 2.05) is 6.92 Å². The van der Waals surface area contributed by atoms with Gasteiger partial charge in [-0.3, -0.25) is 0 Å². The fraction of sp³-hybridized carbons (Fsp3) is 0.462. The van der Waals surface area contributed by atoms with Crippen molar-refractivity contribution in [1.29, 1.82) is 0 Å². The van der Waals surface area contributed by atoms with Crippen LogP contribution in [0.2, 0.25) is 5.02 Å².